The van der Waals surface area contributed by atoms with Gasteiger partial charge in [-0.25, -0.2) is 0 Å². The van der Waals surface area contributed by atoms with Gasteiger partial charge in [0.2, 0.25) is 0 Å². The normalized spacial score (nSPS) is 7.20. The summed E-state index contributed by atoms with van der Waals surface area (Å²) in [6, 6.07) is 0. The van der Waals surface area contributed by atoms with Crippen molar-refractivity contribution in [2.75, 3.05) is 27.2 Å². The molecule has 66 valence electrons. The second kappa shape index (κ2) is 23.1. The molecule has 0 aromatic rings. The predicted octanol–water partition coefficient (Wildman–Crippen LogP) is 1.59. The van der Waals surface area contributed by atoms with Crippen LogP contribution in [0.4, 0.5) is 0 Å². The third-order valence-electron chi connectivity index (χ3n) is 1.08. The zero-order valence-electron chi connectivity index (χ0n) is 8.31. The smallest absolute Gasteiger partial charge is 0.0319 e. The van der Waals surface area contributed by atoms with Gasteiger partial charge in [-0.15, -0.1) is 0 Å². The lowest BCUT2D eigenvalue weighted by molar-refractivity contribution is 0.373. The summed E-state index contributed by atoms with van der Waals surface area (Å²) in [4.78, 5) is 2.25. The molecule has 0 atom stereocenters. The highest BCUT2D eigenvalue weighted by Gasteiger charge is 1.81. The van der Waals surface area contributed by atoms with Crippen molar-refractivity contribution < 1.29 is 5.11 Å². The minimum atomic E-state index is 1.00. The Morgan fingerprint density at radius 2 is 1.20 bits per heavy atom. The molecule has 0 saturated heterocycles. The fourth-order valence-corrected chi connectivity index (χ4v) is 0.224. The standard InChI is InChI=1S/C5H13N.C2H6.CH4O/c1-4-6(3)5-2;2*1-2/h4-5H2,1-3H3;1-2H3;2H,1H3. The predicted molar refractivity (Wildman–Crippen MR) is 48.3 cm³/mol. The maximum atomic E-state index is 7.00. The Morgan fingerprint density at radius 3 is 1.20 bits per heavy atom. The number of rotatable bonds is 2. The van der Waals surface area contributed by atoms with Gasteiger partial charge in [0, 0.05) is 7.11 Å². The van der Waals surface area contributed by atoms with Crippen LogP contribution in [0.5, 0.6) is 0 Å². The first kappa shape index (κ1) is 16.5. The van der Waals surface area contributed by atoms with E-state index in [1.807, 2.05) is 13.8 Å². The number of nitrogens with zero attached hydrogens (tertiary/aromatic N) is 1. The third kappa shape index (κ3) is 24.7. The highest BCUT2D eigenvalue weighted by Crippen LogP contribution is 1.73. The zero-order chi connectivity index (χ0) is 8.99. The average molecular weight is 149 g/mol. The molecule has 0 amide bonds. The van der Waals surface area contributed by atoms with Crippen LogP contribution in [0.1, 0.15) is 27.7 Å². The summed E-state index contributed by atoms with van der Waals surface area (Å²) in [5, 5.41) is 7.00. The van der Waals surface area contributed by atoms with Gasteiger partial charge >= 0.3 is 0 Å². The highest BCUT2D eigenvalue weighted by atomic mass is 16.2. The maximum Gasteiger partial charge on any atom is 0.0319 e. The summed E-state index contributed by atoms with van der Waals surface area (Å²) in [5.74, 6) is 0. The molecule has 0 radical (unpaired) electrons. The lowest BCUT2D eigenvalue weighted by atomic mass is 10.6. The second-order valence-electron chi connectivity index (χ2n) is 1.49. The number of aliphatic hydroxyl groups is 1. The Balaban J connectivity index is -0.000000105. The van der Waals surface area contributed by atoms with Crippen molar-refractivity contribution in [3.63, 3.8) is 0 Å². The van der Waals surface area contributed by atoms with Crippen molar-refractivity contribution in [3.05, 3.63) is 0 Å². The molecule has 0 unspecified atom stereocenters. The third-order valence-corrected chi connectivity index (χ3v) is 1.08. The molecule has 0 saturated carbocycles. The van der Waals surface area contributed by atoms with Gasteiger partial charge in [0.25, 0.3) is 0 Å². The minimum Gasteiger partial charge on any atom is -0.400 e. The van der Waals surface area contributed by atoms with Crippen molar-refractivity contribution in [2.24, 2.45) is 0 Å². The lowest BCUT2D eigenvalue weighted by Gasteiger charge is -2.07. The molecular formula is C8H23NO. The number of hydrogen-bond donors (Lipinski definition) is 1. The Morgan fingerprint density at radius 1 is 1.00 bits per heavy atom. The van der Waals surface area contributed by atoms with E-state index >= 15 is 0 Å². The van der Waals surface area contributed by atoms with Crippen LogP contribution in [-0.2, 0) is 0 Å². The second-order valence-corrected chi connectivity index (χ2v) is 1.49. The van der Waals surface area contributed by atoms with Crippen LogP contribution in [0.3, 0.4) is 0 Å². The molecule has 0 aliphatic rings. The molecule has 0 aliphatic heterocycles. The van der Waals surface area contributed by atoms with E-state index in [1.165, 1.54) is 0 Å². The number of aliphatic hydroxyl groups excluding tert-OH is 1. The van der Waals surface area contributed by atoms with Crippen LogP contribution >= 0.6 is 0 Å². The Kier molecular flexibility index (Phi) is 38.1. The molecule has 0 spiro atoms. The molecule has 0 aromatic carbocycles. The van der Waals surface area contributed by atoms with Gasteiger partial charge in [-0.2, -0.15) is 0 Å². The molecule has 0 fully saturated rings. The van der Waals surface area contributed by atoms with Crippen LogP contribution in [0, 0.1) is 0 Å². The van der Waals surface area contributed by atoms with Crippen molar-refractivity contribution in [1.29, 1.82) is 0 Å². The first-order valence-corrected chi connectivity index (χ1v) is 3.94. The zero-order valence-corrected chi connectivity index (χ0v) is 8.31. The van der Waals surface area contributed by atoms with E-state index < -0.39 is 0 Å². The summed E-state index contributed by atoms with van der Waals surface area (Å²) in [5.41, 5.74) is 0. The maximum absolute atomic E-state index is 7.00. The fraction of sp³-hybridized carbons (Fsp3) is 1.00. The van der Waals surface area contributed by atoms with E-state index in [-0.39, 0.29) is 0 Å². The van der Waals surface area contributed by atoms with Crippen LogP contribution < -0.4 is 0 Å². The molecule has 0 heterocycles. The molecule has 1 N–H and O–H groups in total. The van der Waals surface area contributed by atoms with Crippen molar-refractivity contribution in [1.82, 2.24) is 4.90 Å². The van der Waals surface area contributed by atoms with Crippen molar-refractivity contribution >= 4 is 0 Å². The van der Waals surface area contributed by atoms with E-state index in [1.54, 1.807) is 0 Å². The topological polar surface area (TPSA) is 23.5 Å². The Bertz CT molecular complexity index is 28.4. The quantitative estimate of drug-likeness (QED) is 0.644. The molecule has 2 heteroatoms. The molecule has 10 heavy (non-hydrogen) atoms. The van der Waals surface area contributed by atoms with E-state index in [0.717, 1.165) is 20.2 Å². The van der Waals surface area contributed by atoms with Gasteiger partial charge in [0.15, 0.2) is 0 Å². The Hall–Kier alpha value is -0.0800. The SMILES string of the molecule is CC.CCN(C)CC.CO. The molecular weight excluding hydrogens is 126 g/mol. The molecule has 0 bridgehead atoms. The van der Waals surface area contributed by atoms with Crippen LogP contribution in [0.15, 0.2) is 0 Å². The highest BCUT2D eigenvalue weighted by molar-refractivity contribution is 4.36. The summed E-state index contributed by atoms with van der Waals surface area (Å²) in [6.45, 7) is 10.6. The van der Waals surface area contributed by atoms with Crippen molar-refractivity contribution in [2.45, 2.75) is 27.7 Å². The van der Waals surface area contributed by atoms with Gasteiger partial charge < -0.3 is 10.0 Å². The van der Waals surface area contributed by atoms with Crippen molar-refractivity contribution in [3.8, 4) is 0 Å². The monoisotopic (exact) mass is 149 g/mol. The first-order chi connectivity index (χ1) is 4.81. The lowest BCUT2D eigenvalue weighted by Crippen LogP contribution is -2.15. The number of hydrogen-bond acceptors (Lipinski definition) is 2. The van der Waals surface area contributed by atoms with E-state index in [0.29, 0.717) is 0 Å². The molecule has 2 nitrogen and oxygen atoms in total. The van der Waals surface area contributed by atoms with Gasteiger partial charge in [0.1, 0.15) is 0 Å². The van der Waals surface area contributed by atoms with Gasteiger partial charge in [0.05, 0.1) is 0 Å². The fourth-order valence-electron chi connectivity index (χ4n) is 0.224. The average Bonchev–Trinajstić information content (AvgIpc) is 2.10. The van der Waals surface area contributed by atoms with E-state index in [2.05, 4.69) is 25.8 Å². The van der Waals surface area contributed by atoms with Gasteiger partial charge in [-0.05, 0) is 20.1 Å². The molecule has 0 aliphatic carbocycles. The minimum absolute atomic E-state index is 1.00. The first-order valence-electron chi connectivity index (χ1n) is 3.94. The van der Waals surface area contributed by atoms with Crippen LogP contribution in [0.25, 0.3) is 0 Å². The molecule has 0 aromatic heterocycles. The van der Waals surface area contributed by atoms with Gasteiger partial charge in [-0.3, -0.25) is 0 Å². The summed E-state index contributed by atoms with van der Waals surface area (Å²) < 4.78 is 0. The summed E-state index contributed by atoms with van der Waals surface area (Å²) >= 11 is 0. The van der Waals surface area contributed by atoms with E-state index in [9.17, 15) is 0 Å². The summed E-state index contributed by atoms with van der Waals surface area (Å²) in [7, 11) is 3.11. The Labute approximate surface area is 65.9 Å². The van der Waals surface area contributed by atoms with E-state index in [4.69, 9.17) is 5.11 Å². The van der Waals surface area contributed by atoms with Crippen LogP contribution in [0.2, 0.25) is 0 Å². The van der Waals surface area contributed by atoms with Crippen LogP contribution in [-0.4, -0.2) is 37.3 Å². The summed E-state index contributed by atoms with van der Waals surface area (Å²) in [6.07, 6.45) is 0. The molecule has 0 rings (SSSR count). The largest absolute Gasteiger partial charge is 0.400 e. The van der Waals surface area contributed by atoms with Gasteiger partial charge in [-0.1, -0.05) is 27.7 Å².